The highest BCUT2D eigenvalue weighted by Gasteiger charge is 2.01. The molecule has 0 unspecified atom stereocenters. The Kier molecular flexibility index (Phi) is 3.23. The van der Waals surface area contributed by atoms with E-state index in [2.05, 4.69) is 0 Å². The van der Waals surface area contributed by atoms with Gasteiger partial charge in [-0.25, -0.2) is 0 Å². The van der Waals surface area contributed by atoms with Crippen LogP contribution in [0.1, 0.15) is 11.1 Å². The summed E-state index contributed by atoms with van der Waals surface area (Å²) in [6, 6.07) is 7.68. The molecule has 0 aliphatic carbocycles. The molecule has 2 N–H and O–H groups in total. The van der Waals surface area contributed by atoms with Crippen LogP contribution in [-0.2, 0) is 6.42 Å². The molecule has 0 atom stereocenters. The number of nitrogens with zero attached hydrogens (tertiary/aromatic N) is 1. The third-order valence-electron chi connectivity index (χ3n) is 1.93. The zero-order valence-electron chi connectivity index (χ0n) is 7.93. The van der Waals surface area contributed by atoms with Gasteiger partial charge in [0.1, 0.15) is 0 Å². The van der Waals surface area contributed by atoms with E-state index >= 15 is 0 Å². The number of hydrogen-bond acceptors (Lipinski definition) is 3. The molecule has 0 aliphatic rings. The van der Waals surface area contributed by atoms with Crippen molar-refractivity contribution in [2.45, 2.75) is 13.3 Å². The lowest BCUT2D eigenvalue weighted by Crippen LogP contribution is -2.05. The van der Waals surface area contributed by atoms with Crippen molar-refractivity contribution in [1.82, 2.24) is 0 Å². The van der Waals surface area contributed by atoms with Gasteiger partial charge in [0.25, 0.3) is 6.20 Å². The van der Waals surface area contributed by atoms with Gasteiger partial charge in [0.2, 0.25) is 0 Å². The zero-order valence-corrected chi connectivity index (χ0v) is 7.93. The molecule has 4 heteroatoms. The van der Waals surface area contributed by atoms with Gasteiger partial charge < -0.3 is 5.73 Å². The van der Waals surface area contributed by atoms with Crippen molar-refractivity contribution in [2.24, 2.45) is 5.73 Å². The fourth-order valence-electron chi connectivity index (χ4n) is 1.21. The summed E-state index contributed by atoms with van der Waals surface area (Å²) in [5, 5.41) is 10.1. The maximum Gasteiger partial charge on any atom is 0.253 e. The molecule has 1 aromatic carbocycles. The summed E-state index contributed by atoms with van der Waals surface area (Å²) in [6.07, 6.45) is 1.26. The lowest BCUT2D eigenvalue weighted by Gasteiger charge is -2.03. The van der Waals surface area contributed by atoms with Gasteiger partial charge >= 0.3 is 0 Å². The van der Waals surface area contributed by atoms with Crippen LogP contribution in [0, 0.1) is 17.0 Å². The number of allylic oxidation sites excluding steroid dienone is 1. The molecule has 0 spiro atoms. The summed E-state index contributed by atoms with van der Waals surface area (Å²) in [5.41, 5.74) is 7.87. The highest BCUT2D eigenvalue weighted by atomic mass is 16.6. The Balaban J connectivity index is 2.79. The van der Waals surface area contributed by atoms with Crippen molar-refractivity contribution in [1.29, 1.82) is 0 Å². The number of hydrogen-bond donors (Lipinski definition) is 1. The fraction of sp³-hybridized carbons (Fsp3) is 0.200. The highest BCUT2D eigenvalue weighted by Crippen LogP contribution is 2.09. The van der Waals surface area contributed by atoms with Crippen LogP contribution in [0.3, 0.4) is 0 Å². The number of rotatable bonds is 3. The molecule has 0 amide bonds. The van der Waals surface area contributed by atoms with E-state index in [9.17, 15) is 10.1 Å². The van der Waals surface area contributed by atoms with E-state index in [4.69, 9.17) is 5.73 Å². The molecule has 0 aliphatic heterocycles. The zero-order chi connectivity index (χ0) is 10.6. The van der Waals surface area contributed by atoms with Gasteiger partial charge in [-0.15, -0.1) is 0 Å². The second-order valence-electron chi connectivity index (χ2n) is 3.09. The minimum Gasteiger partial charge on any atom is -0.397 e. The average Bonchev–Trinajstić information content (AvgIpc) is 2.07. The number of nitrogens with two attached hydrogens (primary N) is 1. The van der Waals surface area contributed by atoms with E-state index < -0.39 is 4.92 Å². The van der Waals surface area contributed by atoms with Gasteiger partial charge in [-0.2, -0.15) is 0 Å². The Morgan fingerprint density at radius 2 is 2.21 bits per heavy atom. The number of aryl methyl sites for hydroxylation is 1. The van der Waals surface area contributed by atoms with Crippen molar-refractivity contribution in [3.63, 3.8) is 0 Å². The maximum absolute atomic E-state index is 10.1. The van der Waals surface area contributed by atoms with Crippen LogP contribution in [0.25, 0.3) is 0 Å². The first-order chi connectivity index (χ1) is 6.59. The molecular weight excluding hydrogens is 180 g/mol. The second-order valence-corrected chi connectivity index (χ2v) is 3.09. The van der Waals surface area contributed by atoms with E-state index in [0.29, 0.717) is 6.42 Å². The summed E-state index contributed by atoms with van der Waals surface area (Å²) in [7, 11) is 0. The monoisotopic (exact) mass is 192 g/mol. The standard InChI is InChI=1S/C10H12N2O2/c1-8-4-2-3-5-9(8)6-10(11)7-12(13)14/h2-5,7H,6,11H2,1H3/b10-7-. The largest absolute Gasteiger partial charge is 0.397 e. The van der Waals surface area contributed by atoms with Gasteiger partial charge in [0.05, 0.1) is 10.6 Å². The minimum absolute atomic E-state index is 0.268. The molecule has 1 aromatic rings. The van der Waals surface area contributed by atoms with E-state index in [1.54, 1.807) is 0 Å². The summed E-state index contributed by atoms with van der Waals surface area (Å²) < 4.78 is 0. The fourth-order valence-corrected chi connectivity index (χ4v) is 1.21. The Bertz CT molecular complexity index is 372. The van der Waals surface area contributed by atoms with E-state index in [1.165, 1.54) is 0 Å². The van der Waals surface area contributed by atoms with Crippen molar-refractivity contribution < 1.29 is 4.92 Å². The van der Waals surface area contributed by atoms with E-state index in [-0.39, 0.29) is 5.70 Å². The molecule has 74 valence electrons. The van der Waals surface area contributed by atoms with E-state index in [1.807, 2.05) is 31.2 Å². The highest BCUT2D eigenvalue weighted by molar-refractivity contribution is 5.28. The maximum atomic E-state index is 10.1. The van der Waals surface area contributed by atoms with Gasteiger partial charge in [0, 0.05) is 6.42 Å². The van der Waals surface area contributed by atoms with Crippen LogP contribution in [0.15, 0.2) is 36.2 Å². The first kappa shape index (κ1) is 10.2. The topological polar surface area (TPSA) is 69.2 Å². The Morgan fingerprint density at radius 3 is 2.79 bits per heavy atom. The third-order valence-corrected chi connectivity index (χ3v) is 1.93. The quantitative estimate of drug-likeness (QED) is 0.584. The summed E-state index contributed by atoms with van der Waals surface area (Å²) in [5.74, 6) is 0. The lowest BCUT2D eigenvalue weighted by molar-refractivity contribution is -0.403. The van der Waals surface area contributed by atoms with Crippen LogP contribution >= 0.6 is 0 Å². The molecule has 14 heavy (non-hydrogen) atoms. The van der Waals surface area contributed by atoms with Gasteiger partial charge in [-0.1, -0.05) is 24.3 Å². The SMILES string of the molecule is Cc1ccccc1C/C(N)=C/[N+](=O)[O-]. The molecule has 0 saturated carbocycles. The summed E-state index contributed by atoms with van der Waals surface area (Å²) in [4.78, 5) is 9.60. The Labute approximate surface area is 82.2 Å². The number of benzene rings is 1. The van der Waals surface area contributed by atoms with Gasteiger partial charge in [-0.05, 0) is 18.1 Å². The van der Waals surface area contributed by atoms with Crippen LogP contribution in [0.5, 0.6) is 0 Å². The summed E-state index contributed by atoms with van der Waals surface area (Å²) >= 11 is 0. The smallest absolute Gasteiger partial charge is 0.253 e. The van der Waals surface area contributed by atoms with Crippen LogP contribution in [0.2, 0.25) is 0 Å². The van der Waals surface area contributed by atoms with Crippen LogP contribution in [0.4, 0.5) is 0 Å². The van der Waals surface area contributed by atoms with Crippen LogP contribution in [-0.4, -0.2) is 4.92 Å². The predicted octanol–water partition coefficient (Wildman–Crippen LogP) is 1.61. The van der Waals surface area contributed by atoms with Crippen molar-refractivity contribution in [2.75, 3.05) is 0 Å². The number of nitro groups is 1. The van der Waals surface area contributed by atoms with Crippen molar-refractivity contribution in [3.8, 4) is 0 Å². The molecule has 0 radical (unpaired) electrons. The average molecular weight is 192 g/mol. The molecule has 4 nitrogen and oxygen atoms in total. The normalized spacial score (nSPS) is 11.4. The third kappa shape index (κ3) is 2.90. The van der Waals surface area contributed by atoms with Crippen LogP contribution < -0.4 is 5.73 Å². The first-order valence-corrected chi connectivity index (χ1v) is 4.24. The Morgan fingerprint density at radius 1 is 1.57 bits per heavy atom. The molecule has 1 rings (SSSR count). The van der Waals surface area contributed by atoms with E-state index in [0.717, 1.165) is 17.3 Å². The molecule has 0 bridgehead atoms. The predicted molar refractivity (Wildman–Crippen MR) is 54.1 cm³/mol. The van der Waals surface area contributed by atoms with Crippen molar-refractivity contribution >= 4 is 0 Å². The van der Waals surface area contributed by atoms with Gasteiger partial charge in [-0.3, -0.25) is 10.1 Å². The minimum atomic E-state index is -0.534. The molecular formula is C10H12N2O2. The second kappa shape index (κ2) is 4.41. The lowest BCUT2D eigenvalue weighted by atomic mass is 10.0. The Hall–Kier alpha value is -1.84. The molecule has 0 heterocycles. The van der Waals surface area contributed by atoms with Crippen molar-refractivity contribution in [3.05, 3.63) is 57.4 Å². The molecule has 0 aromatic heterocycles. The van der Waals surface area contributed by atoms with Gasteiger partial charge in [0.15, 0.2) is 0 Å². The summed E-state index contributed by atoms with van der Waals surface area (Å²) in [6.45, 7) is 1.95. The molecule has 0 fully saturated rings. The first-order valence-electron chi connectivity index (χ1n) is 4.24. The molecule has 0 saturated heterocycles.